The Bertz CT molecular complexity index is 249. The van der Waals surface area contributed by atoms with Crippen molar-refractivity contribution in [3.8, 4) is 0 Å². The van der Waals surface area contributed by atoms with E-state index in [1.165, 1.54) is 25.7 Å². The Morgan fingerprint density at radius 1 is 1.33 bits per heavy atom. The summed E-state index contributed by atoms with van der Waals surface area (Å²) < 4.78 is 0. The molecule has 3 N–H and O–H groups in total. The lowest BCUT2D eigenvalue weighted by atomic mass is 9.67. The Morgan fingerprint density at radius 3 is 2.33 bits per heavy atom. The number of nitrogens with two attached hydrogens (primary N) is 1. The number of hydrogen-bond donors (Lipinski definition) is 2. The molecule has 86 valence electrons. The van der Waals surface area contributed by atoms with Crippen LogP contribution in [0.25, 0.3) is 0 Å². The van der Waals surface area contributed by atoms with Crippen molar-refractivity contribution in [2.75, 3.05) is 13.1 Å². The van der Waals surface area contributed by atoms with Gasteiger partial charge < -0.3 is 11.1 Å². The third-order valence-corrected chi connectivity index (χ3v) is 4.51. The largest absolute Gasteiger partial charge is 0.355 e. The molecular formula is C12H22N2O. The van der Waals surface area contributed by atoms with Gasteiger partial charge in [-0.05, 0) is 37.5 Å². The van der Waals surface area contributed by atoms with Gasteiger partial charge in [-0.15, -0.1) is 0 Å². The molecule has 2 fully saturated rings. The highest BCUT2D eigenvalue weighted by Crippen LogP contribution is 2.46. The molecule has 0 unspecified atom stereocenters. The van der Waals surface area contributed by atoms with Crippen LogP contribution in [0.4, 0.5) is 0 Å². The highest BCUT2D eigenvalue weighted by molar-refractivity contribution is 5.85. The van der Waals surface area contributed by atoms with E-state index in [2.05, 4.69) is 12.2 Å². The maximum atomic E-state index is 11.9. The van der Waals surface area contributed by atoms with E-state index in [4.69, 9.17) is 5.73 Å². The van der Waals surface area contributed by atoms with Crippen LogP contribution in [0, 0.1) is 10.8 Å². The van der Waals surface area contributed by atoms with Crippen LogP contribution in [0.2, 0.25) is 0 Å². The van der Waals surface area contributed by atoms with Crippen molar-refractivity contribution in [1.29, 1.82) is 0 Å². The predicted octanol–water partition coefficient (Wildman–Crippen LogP) is 1.42. The second-order valence-electron chi connectivity index (χ2n) is 5.37. The number of hydrogen-bond acceptors (Lipinski definition) is 2. The van der Waals surface area contributed by atoms with Crippen molar-refractivity contribution < 1.29 is 4.79 Å². The van der Waals surface area contributed by atoms with Crippen molar-refractivity contribution in [1.82, 2.24) is 5.32 Å². The molecule has 2 aliphatic carbocycles. The maximum Gasteiger partial charge on any atom is 0.227 e. The number of rotatable bonds is 5. The van der Waals surface area contributed by atoms with Crippen LogP contribution in [0.15, 0.2) is 0 Å². The van der Waals surface area contributed by atoms with Crippen molar-refractivity contribution in [2.45, 2.75) is 45.4 Å². The molecular weight excluding hydrogens is 188 g/mol. The zero-order chi connectivity index (χ0) is 10.9. The molecule has 0 atom stereocenters. The van der Waals surface area contributed by atoms with Gasteiger partial charge in [-0.3, -0.25) is 4.79 Å². The molecule has 0 aromatic heterocycles. The Morgan fingerprint density at radius 2 is 2.00 bits per heavy atom. The highest BCUT2D eigenvalue weighted by atomic mass is 16.2. The first-order valence-corrected chi connectivity index (χ1v) is 6.15. The van der Waals surface area contributed by atoms with Crippen LogP contribution in [0.3, 0.4) is 0 Å². The monoisotopic (exact) mass is 210 g/mol. The Labute approximate surface area is 91.8 Å². The maximum absolute atomic E-state index is 11.9. The van der Waals surface area contributed by atoms with Gasteiger partial charge in [0.1, 0.15) is 0 Å². The fraction of sp³-hybridized carbons (Fsp3) is 0.917. The first-order chi connectivity index (χ1) is 7.16. The van der Waals surface area contributed by atoms with Gasteiger partial charge in [0, 0.05) is 13.1 Å². The molecule has 0 spiro atoms. The summed E-state index contributed by atoms with van der Waals surface area (Å²) in [5.74, 6) is 0.199. The Kier molecular flexibility index (Phi) is 2.75. The van der Waals surface area contributed by atoms with Gasteiger partial charge in [-0.25, -0.2) is 0 Å². The van der Waals surface area contributed by atoms with Gasteiger partial charge in [-0.1, -0.05) is 13.3 Å². The molecule has 0 aliphatic heterocycles. The molecule has 3 heteroatoms. The normalized spacial score (nSPS) is 25.5. The van der Waals surface area contributed by atoms with Crippen LogP contribution < -0.4 is 11.1 Å². The van der Waals surface area contributed by atoms with Crippen LogP contribution in [-0.2, 0) is 4.79 Å². The highest BCUT2D eigenvalue weighted by Gasteiger charge is 2.49. The van der Waals surface area contributed by atoms with Gasteiger partial charge >= 0.3 is 0 Å². The van der Waals surface area contributed by atoms with Crippen molar-refractivity contribution in [3.63, 3.8) is 0 Å². The fourth-order valence-corrected chi connectivity index (χ4v) is 2.46. The van der Waals surface area contributed by atoms with E-state index < -0.39 is 0 Å². The summed E-state index contributed by atoms with van der Waals surface area (Å²) in [6, 6.07) is 0. The molecule has 0 aromatic carbocycles. The first kappa shape index (κ1) is 10.9. The van der Waals surface area contributed by atoms with E-state index in [0.717, 1.165) is 19.4 Å². The Balaban J connectivity index is 1.80. The molecule has 2 rings (SSSR count). The minimum absolute atomic E-state index is 0.182. The van der Waals surface area contributed by atoms with E-state index in [0.29, 0.717) is 12.0 Å². The zero-order valence-electron chi connectivity index (χ0n) is 9.64. The number of nitrogens with one attached hydrogen (secondary N) is 1. The molecule has 0 heterocycles. The quantitative estimate of drug-likeness (QED) is 0.721. The van der Waals surface area contributed by atoms with E-state index in [-0.39, 0.29) is 11.3 Å². The molecule has 2 aliphatic rings. The third kappa shape index (κ3) is 1.89. The van der Waals surface area contributed by atoms with Crippen LogP contribution >= 0.6 is 0 Å². The lowest BCUT2D eigenvalue weighted by Crippen LogP contribution is -2.45. The molecule has 15 heavy (non-hydrogen) atoms. The molecule has 0 bridgehead atoms. The fourth-order valence-electron chi connectivity index (χ4n) is 2.46. The molecule has 0 radical (unpaired) electrons. The predicted molar refractivity (Wildman–Crippen MR) is 60.3 cm³/mol. The summed E-state index contributed by atoms with van der Waals surface area (Å²) in [6.45, 7) is 3.60. The number of carbonyl (C=O) groups excluding carboxylic acids is 1. The molecule has 0 saturated heterocycles. The smallest absolute Gasteiger partial charge is 0.227 e. The van der Waals surface area contributed by atoms with E-state index >= 15 is 0 Å². The van der Waals surface area contributed by atoms with Crippen molar-refractivity contribution in [2.24, 2.45) is 16.6 Å². The summed E-state index contributed by atoms with van der Waals surface area (Å²) in [5.41, 5.74) is 5.86. The minimum Gasteiger partial charge on any atom is -0.355 e. The van der Waals surface area contributed by atoms with E-state index in [9.17, 15) is 4.79 Å². The summed E-state index contributed by atoms with van der Waals surface area (Å²) in [7, 11) is 0. The van der Waals surface area contributed by atoms with Crippen LogP contribution in [0.5, 0.6) is 0 Å². The summed E-state index contributed by atoms with van der Waals surface area (Å²) >= 11 is 0. The van der Waals surface area contributed by atoms with Crippen molar-refractivity contribution >= 4 is 5.91 Å². The van der Waals surface area contributed by atoms with Crippen LogP contribution in [0.1, 0.15) is 45.4 Å². The summed E-state index contributed by atoms with van der Waals surface area (Å²) in [4.78, 5) is 11.9. The van der Waals surface area contributed by atoms with E-state index in [1.54, 1.807) is 0 Å². The second-order valence-corrected chi connectivity index (χ2v) is 5.37. The molecule has 3 nitrogen and oxygen atoms in total. The summed E-state index contributed by atoms with van der Waals surface area (Å²) in [6.07, 6.45) is 7.02. The first-order valence-electron chi connectivity index (χ1n) is 6.15. The summed E-state index contributed by atoms with van der Waals surface area (Å²) in [5, 5.41) is 3.11. The van der Waals surface area contributed by atoms with Crippen LogP contribution in [-0.4, -0.2) is 19.0 Å². The SMILES string of the molecule is CCC1(CNC(=O)C2(CN)CC2)CCC1. The lowest BCUT2D eigenvalue weighted by Gasteiger charge is -2.41. The third-order valence-electron chi connectivity index (χ3n) is 4.51. The number of amides is 1. The van der Waals surface area contributed by atoms with Crippen molar-refractivity contribution in [3.05, 3.63) is 0 Å². The number of carbonyl (C=O) groups is 1. The molecule has 0 aromatic rings. The van der Waals surface area contributed by atoms with Gasteiger partial charge in [0.15, 0.2) is 0 Å². The standard InChI is InChI=1S/C12H22N2O/c1-2-11(4-3-5-11)9-14-10(15)12(8-13)6-7-12/h2-9,13H2,1H3,(H,14,15). The second kappa shape index (κ2) is 3.78. The Hall–Kier alpha value is -0.570. The van der Waals surface area contributed by atoms with Gasteiger partial charge in [-0.2, -0.15) is 0 Å². The minimum atomic E-state index is -0.182. The van der Waals surface area contributed by atoms with E-state index in [1.807, 2.05) is 0 Å². The average Bonchev–Trinajstić information content (AvgIpc) is 2.97. The molecule has 2 saturated carbocycles. The lowest BCUT2D eigenvalue weighted by molar-refractivity contribution is -0.126. The average molecular weight is 210 g/mol. The topological polar surface area (TPSA) is 55.1 Å². The molecule has 1 amide bonds. The van der Waals surface area contributed by atoms with Gasteiger partial charge in [0.05, 0.1) is 5.41 Å². The zero-order valence-corrected chi connectivity index (χ0v) is 9.64. The van der Waals surface area contributed by atoms with Gasteiger partial charge in [0.2, 0.25) is 5.91 Å². The van der Waals surface area contributed by atoms with Gasteiger partial charge in [0.25, 0.3) is 0 Å².